The van der Waals surface area contributed by atoms with Crippen LogP contribution in [0.25, 0.3) is 0 Å². The van der Waals surface area contributed by atoms with Crippen LogP contribution in [0.4, 0.5) is 0 Å². The third-order valence-electron chi connectivity index (χ3n) is 7.39. The molecule has 0 radical (unpaired) electrons. The predicted octanol–water partition coefficient (Wildman–Crippen LogP) is 9.89. The van der Waals surface area contributed by atoms with E-state index in [0.29, 0.717) is 0 Å². The average molecular weight is 493 g/mol. The Kier molecular flexibility index (Phi) is 10.2. The van der Waals surface area contributed by atoms with Crippen molar-refractivity contribution in [3.05, 3.63) is 141 Å². The maximum Gasteiger partial charge on any atom is 0.193 e. The van der Waals surface area contributed by atoms with Crippen LogP contribution in [-0.2, 0) is 5.41 Å². The number of aryl methyl sites for hydroxylation is 5. The van der Waals surface area contributed by atoms with E-state index in [1.165, 1.54) is 39.0 Å². The summed E-state index contributed by atoms with van der Waals surface area (Å²) in [6.45, 7) is 25.4. The van der Waals surface area contributed by atoms with Gasteiger partial charge in [0.2, 0.25) is 0 Å². The maximum atomic E-state index is 12.3. The van der Waals surface area contributed by atoms with Crippen molar-refractivity contribution in [2.24, 2.45) is 0 Å². The number of hydrogen-bond donors (Lipinski definition) is 0. The molecule has 194 valence electrons. The summed E-state index contributed by atoms with van der Waals surface area (Å²) in [7, 11) is 0. The Morgan fingerprint density at radius 3 is 1.81 bits per heavy atom. The van der Waals surface area contributed by atoms with Crippen LogP contribution in [0.1, 0.15) is 83.9 Å². The van der Waals surface area contributed by atoms with Gasteiger partial charge in [-0.15, -0.1) is 0 Å². The predicted molar refractivity (Wildman–Crippen MR) is 162 cm³/mol. The lowest BCUT2D eigenvalue weighted by atomic mass is 9.73. The van der Waals surface area contributed by atoms with Crippen molar-refractivity contribution >= 4 is 5.78 Å². The van der Waals surface area contributed by atoms with E-state index < -0.39 is 0 Å². The van der Waals surface area contributed by atoms with Crippen molar-refractivity contribution in [2.75, 3.05) is 0 Å². The highest BCUT2D eigenvalue weighted by molar-refractivity contribution is 6.09. The van der Waals surface area contributed by atoms with Crippen LogP contribution in [-0.4, -0.2) is 5.78 Å². The summed E-state index contributed by atoms with van der Waals surface area (Å²) in [5.41, 5.74) is 13.1. The quantitative estimate of drug-likeness (QED) is 0.247. The highest BCUT2D eigenvalue weighted by Crippen LogP contribution is 2.37. The molecule has 0 fully saturated rings. The molecule has 3 rings (SSSR count). The Balaban J connectivity index is 0.000000263. The maximum absolute atomic E-state index is 12.3. The van der Waals surface area contributed by atoms with E-state index in [1.807, 2.05) is 62.4 Å². The van der Waals surface area contributed by atoms with Crippen molar-refractivity contribution in [1.82, 2.24) is 0 Å². The molecule has 0 aromatic heterocycles. The second kappa shape index (κ2) is 12.7. The summed E-state index contributed by atoms with van der Waals surface area (Å²) in [4.78, 5) is 12.3. The second-order valence-electron chi connectivity index (χ2n) is 10.9. The molecule has 37 heavy (non-hydrogen) atoms. The van der Waals surface area contributed by atoms with E-state index in [1.54, 1.807) is 0 Å². The number of rotatable bonds is 6. The number of allylic oxidation sites excluding steroid dienone is 5. The fourth-order valence-electron chi connectivity index (χ4n) is 4.31. The van der Waals surface area contributed by atoms with Crippen molar-refractivity contribution < 1.29 is 4.79 Å². The molecular weight excluding hydrogens is 448 g/mol. The first-order valence-corrected chi connectivity index (χ1v) is 13.0. The second-order valence-corrected chi connectivity index (χ2v) is 10.9. The van der Waals surface area contributed by atoms with E-state index in [4.69, 9.17) is 0 Å². The number of ketones is 1. The molecule has 3 aromatic carbocycles. The van der Waals surface area contributed by atoms with Gasteiger partial charge < -0.3 is 0 Å². The number of benzene rings is 3. The topological polar surface area (TPSA) is 17.1 Å². The molecule has 0 aliphatic carbocycles. The van der Waals surface area contributed by atoms with E-state index in [2.05, 4.69) is 86.2 Å². The van der Waals surface area contributed by atoms with Gasteiger partial charge in [-0.3, -0.25) is 4.79 Å². The standard InChI is InChI=1S/C20H28.C16H16O/c1-9-10-19(17(6)14(2)3)20(7,8)18-12-11-15(4)16(5)13-18;1-11-5-4-6-14(9-11)16(17)15-8-7-12(2)13(3)10-15/h9-13H,1H2,2-8H3;4-10H,1-3H3/b19-10+;. The lowest BCUT2D eigenvalue weighted by Gasteiger charge is -2.31. The zero-order valence-corrected chi connectivity index (χ0v) is 24.5. The van der Waals surface area contributed by atoms with Crippen molar-refractivity contribution in [2.45, 2.75) is 74.7 Å². The Bertz CT molecular complexity index is 1340. The summed E-state index contributed by atoms with van der Waals surface area (Å²) in [5, 5.41) is 0. The first-order chi connectivity index (χ1) is 17.3. The Labute approximate surface area is 225 Å². The molecule has 0 unspecified atom stereocenters. The monoisotopic (exact) mass is 492 g/mol. The van der Waals surface area contributed by atoms with Crippen LogP contribution in [0.3, 0.4) is 0 Å². The van der Waals surface area contributed by atoms with Crippen LogP contribution in [0, 0.1) is 34.6 Å². The molecular formula is C36H44O. The van der Waals surface area contributed by atoms with Crippen LogP contribution in [0.2, 0.25) is 0 Å². The van der Waals surface area contributed by atoms with E-state index in [-0.39, 0.29) is 11.2 Å². The van der Waals surface area contributed by atoms with E-state index >= 15 is 0 Å². The fraction of sp³-hybridized carbons (Fsp3) is 0.306. The van der Waals surface area contributed by atoms with Crippen molar-refractivity contribution in [3.8, 4) is 0 Å². The zero-order valence-electron chi connectivity index (χ0n) is 24.5. The zero-order chi connectivity index (χ0) is 27.9. The summed E-state index contributed by atoms with van der Waals surface area (Å²) in [5.74, 6) is 0.0943. The minimum Gasteiger partial charge on any atom is -0.289 e. The van der Waals surface area contributed by atoms with Gasteiger partial charge in [0, 0.05) is 16.5 Å². The normalized spacial score (nSPS) is 11.4. The number of carbonyl (C=O) groups is 1. The van der Waals surface area contributed by atoms with Gasteiger partial charge in [0.25, 0.3) is 0 Å². The summed E-state index contributed by atoms with van der Waals surface area (Å²) < 4.78 is 0. The number of hydrogen-bond acceptors (Lipinski definition) is 1. The van der Waals surface area contributed by atoms with E-state index in [0.717, 1.165) is 22.3 Å². The summed E-state index contributed by atoms with van der Waals surface area (Å²) in [6, 6.07) is 20.3. The molecule has 0 amide bonds. The molecule has 0 saturated heterocycles. The van der Waals surface area contributed by atoms with Crippen molar-refractivity contribution in [3.63, 3.8) is 0 Å². The SMILES string of the molecule is C=C/C=C(\C(C)=C(C)C)C(C)(C)c1ccc(C)c(C)c1.Cc1cccc(C(=O)c2ccc(C)c(C)c2)c1. The molecule has 1 nitrogen and oxygen atoms in total. The molecule has 0 atom stereocenters. The van der Waals surface area contributed by atoms with Crippen LogP contribution < -0.4 is 0 Å². The fourth-order valence-corrected chi connectivity index (χ4v) is 4.31. The molecule has 0 aliphatic rings. The van der Waals surface area contributed by atoms with Gasteiger partial charge in [-0.05, 0) is 106 Å². The van der Waals surface area contributed by atoms with Crippen LogP contribution in [0.15, 0.2) is 96.1 Å². The molecule has 0 saturated carbocycles. The largest absolute Gasteiger partial charge is 0.289 e. The van der Waals surface area contributed by atoms with Gasteiger partial charge in [-0.2, -0.15) is 0 Å². The summed E-state index contributed by atoms with van der Waals surface area (Å²) in [6.07, 6.45) is 4.04. The van der Waals surface area contributed by atoms with Gasteiger partial charge in [0.15, 0.2) is 5.78 Å². The Hall–Kier alpha value is -3.45. The molecule has 0 bridgehead atoms. The number of carbonyl (C=O) groups excluding carboxylic acids is 1. The average Bonchev–Trinajstić information content (AvgIpc) is 2.85. The van der Waals surface area contributed by atoms with E-state index in [9.17, 15) is 4.79 Å². The van der Waals surface area contributed by atoms with Gasteiger partial charge in [-0.1, -0.05) is 92.2 Å². The minimum atomic E-state index is -0.0198. The first-order valence-electron chi connectivity index (χ1n) is 13.0. The van der Waals surface area contributed by atoms with Gasteiger partial charge in [-0.25, -0.2) is 0 Å². The lowest BCUT2D eigenvalue weighted by Crippen LogP contribution is -2.22. The molecule has 0 spiro atoms. The summed E-state index contributed by atoms with van der Waals surface area (Å²) >= 11 is 0. The highest BCUT2D eigenvalue weighted by Gasteiger charge is 2.27. The smallest absolute Gasteiger partial charge is 0.193 e. The Morgan fingerprint density at radius 2 is 1.30 bits per heavy atom. The minimum absolute atomic E-state index is 0.0198. The molecule has 1 heteroatoms. The lowest BCUT2D eigenvalue weighted by molar-refractivity contribution is 0.103. The molecule has 0 N–H and O–H groups in total. The first kappa shape index (κ1) is 29.8. The van der Waals surface area contributed by atoms with Gasteiger partial charge in [0.05, 0.1) is 0 Å². The van der Waals surface area contributed by atoms with Crippen LogP contribution in [0.5, 0.6) is 0 Å². The van der Waals surface area contributed by atoms with Gasteiger partial charge >= 0.3 is 0 Å². The molecule has 0 aliphatic heterocycles. The third-order valence-corrected chi connectivity index (χ3v) is 7.39. The van der Waals surface area contributed by atoms with Crippen molar-refractivity contribution in [1.29, 1.82) is 0 Å². The molecule has 0 heterocycles. The highest BCUT2D eigenvalue weighted by atomic mass is 16.1. The Morgan fingerprint density at radius 1 is 0.730 bits per heavy atom. The third kappa shape index (κ3) is 7.52. The molecule has 3 aromatic rings. The van der Waals surface area contributed by atoms with Gasteiger partial charge in [0.1, 0.15) is 0 Å². The van der Waals surface area contributed by atoms with Crippen LogP contribution >= 0.6 is 0 Å².